The van der Waals surface area contributed by atoms with E-state index in [2.05, 4.69) is 30.3 Å². The van der Waals surface area contributed by atoms with Crippen LogP contribution in [0.25, 0.3) is 11.5 Å². The van der Waals surface area contributed by atoms with Crippen molar-refractivity contribution in [1.82, 2.24) is 30.3 Å². The molecule has 22 heavy (non-hydrogen) atoms. The van der Waals surface area contributed by atoms with Crippen LogP contribution in [0.3, 0.4) is 0 Å². The first-order chi connectivity index (χ1) is 10.8. The Hall–Kier alpha value is -2.41. The van der Waals surface area contributed by atoms with Crippen molar-refractivity contribution in [3.63, 3.8) is 0 Å². The van der Waals surface area contributed by atoms with Crippen molar-refractivity contribution >= 4 is 0 Å². The molecule has 3 aromatic heterocycles. The lowest BCUT2D eigenvalue weighted by molar-refractivity contribution is 0.222. The third-order valence-electron chi connectivity index (χ3n) is 4.06. The number of aromatic nitrogens is 5. The maximum atomic E-state index is 5.92. The Balaban J connectivity index is 1.50. The highest BCUT2D eigenvalue weighted by Crippen LogP contribution is 2.32. The lowest BCUT2D eigenvalue weighted by Crippen LogP contribution is -2.23. The largest absolute Gasteiger partial charge is 0.458 e. The van der Waals surface area contributed by atoms with Crippen molar-refractivity contribution in [2.75, 3.05) is 6.54 Å². The molecule has 4 heterocycles. The molecule has 7 nitrogen and oxygen atoms in total. The predicted octanol–water partition coefficient (Wildman–Crippen LogP) is 2.43. The summed E-state index contributed by atoms with van der Waals surface area (Å²) >= 11 is 0. The molecular weight excluding hydrogens is 280 g/mol. The van der Waals surface area contributed by atoms with Gasteiger partial charge in [-0.3, -0.25) is 15.1 Å². The van der Waals surface area contributed by atoms with Gasteiger partial charge >= 0.3 is 0 Å². The van der Waals surface area contributed by atoms with E-state index in [1.807, 2.05) is 25.1 Å². The number of hydrogen-bond donors (Lipinski definition) is 2. The van der Waals surface area contributed by atoms with E-state index in [1.165, 1.54) is 0 Å². The molecule has 0 unspecified atom stereocenters. The summed E-state index contributed by atoms with van der Waals surface area (Å²) < 4.78 is 5.92. The molecule has 0 saturated carbocycles. The Bertz CT molecular complexity index is 744. The zero-order valence-electron chi connectivity index (χ0n) is 12.4. The highest BCUT2D eigenvalue weighted by Gasteiger charge is 2.29. The van der Waals surface area contributed by atoms with E-state index in [4.69, 9.17) is 4.42 Å². The highest BCUT2D eigenvalue weighted by atomic mass is 16.3. The zero-order valence-corrected chi connectivity index (χ0v) is 12.4. The molecule has 1 saturated heterocycles. The number of furan rings is 1. The Morgan fingerprint density at radius 2 is 2.27 bits per heavy atom. The molecule has 1 aliphatic heterocycles. The second-order valence-electron chi connectivity index (χ2n) is 5.64. The molecule has 4 rings (SSSR count). The molecule has 2 N–H and O–H groups in total. The van der Waals surface area contributed by atoms with Crippen molar-refractivity contribution in [3.05, 3.63) is 41.8 Å². The van der Waals surface area contributed by atoms with Crippen LogP contribution in [0.5, 0.6) is 0 Å². The summed E-state index contributed by atoms with van der Waals surface area (Å²) in [5.41, 5.74) is 0.897. The number of aromatic amines is 2. The van der Waals surface area contributed by atoms with Crippen molar-refractivity contribution in [1.29, 1.82) is 0 Å². The van der Waals surface area contributed by atoms with Crippen LogP contribution in [0.15, 0.2) is 28.8 Å². The minimum atomic E-state index is 0.269. The van der Waals surface area contributed by atoms with Gasteiger partial charge in [-0.15, -0.1) is 0 Å². The normalized spacial score (nSPS) is 19.0. The molecule has 0 spiro atoms. The average molecular weight is 298 g/mol. The summed E-state index contributed by atoms with van der Waals surface area (Å²) in [5, 5.41) is 14.1. The monoisotopic (exact) mass is 298 g/mol. The standard InChI is InChI=1S/C15H18N6O/c1-10-17-15(20-18-10)13-3-2-8-21(13)9-11-4-5-14(22-11)12-6-7-16-19-12/h4-7,13H,2-3,8-9H2,1H3,(H,16,19)(H,17,18,20)/t13-/m1/s1. The van der Waals surface area contributed by atoms with E-state index in [0.717, 1.165) is 54.8 Å². The predicted molar refractivity (Wildman–Crippen MR) is 79.8 cm³/mol. The summed E-state index contributed by atoms with van der Waals surface area (Å²) in [6.07, 6.45) is 3.97. The van der Waals surface area contributed by atoms with Gasteiger partial charge in [0.1, 0.15) is 17.3 Å². The third kappa shape index (κ3) is 2.43. The quantitative estimate of drug-likeness (QED) is 0.772. The molecule has 0 aliphatic carbocycles. The van der Waals surface area contributed by atoms with Gasteiger partial charge in [0.05, 0.1) is 12.6 Å². The fourth-order valence-corrected chi connectivity index (χ4v) is 3.02. The third-order valence-corrected chi connectivity index (χ3v) is 4.06. The zero-order chi connectivity index (χ0) is 14.9. The summed E-state index contributed by atoms with van der Waals surface area (Å²) in [6, 6.07) is 6.17. The van der Waals surface area contributed by atoms with E-state index in [0.29, 0.717) is 0 Å². The van der Waals surface area contributed by atoms with Crippen LogP contribution >= 0.6 is 0 Å². The Labute approximate surface area is 127 Å². The van der Waals surface area contributed by atoms with Crippen LogP contribution in [-0.2, 0) is 6.54 Å². The van der Waals surface area contributed by atoms with Gasteiger partial charge in [0.15, 0.2) is 11.6 Å². The van der Waals surface area contributed by atoms with Crippen LogP contribution in [0.1, 0.15) is 36.3 Å². The van der Waals surface area contributed by atoms with Crippen molar-refractivity contribution in [2.24, 2.45) is 0 Å². The van der Waals surface area contributed by atoms with Crippen LogP contribution in [-0.4, -0.2) is 36.8 Å². The second kappa shape index (κ2) is 5.42. The number of nitrogens with one attached hydrogen (secondary N) is 2. The first kappa shape index (κ1) is 13.3. The number of likely N-dealkylation sites (tertiary alicyclic amines) is 1. The minimum Gasteiger partial charge on any atom is -0.458 e. The van der Waals surface area contributed by atoms with E-state index in [9.17, 15) is 0 Å². The fourth-order valence-electron chi connectivity index (χ4n) is 3.02. The molecule has 1 aliphatic rings. The molecule has 3 aromatic rings. The summed E-state index contributed by atoms with van der Waals surface area (Å²) in [4.78, 5) is 6.85. The van der Waals surface area contributed by atoms with Crippen molar-refractivity contribution < 1.29 is 4.42 Å². The van der Waals surface area contributed by atoms with Crippen LogP contribution in [0.4, 0.5) is 0 Å². The minimum absolute atomic E-state index is 0.269. The smallest absolute Gasteiger partial charge is 0.167 e. The highest BCUT2D eigenvalue weighted by molar-refractivity contribution is 5.51. The van der Waals surface area contributed by atoms with Gasteiger partial charge in [-0.05, 0) is 44.5 Å². The average Bonchev–Trinajstić information content (AvgIpc) is 3.26. The van der Waals surface area contributed by atoms with Gasteiger partial charge in [-0.1, -0.05) is 0 Å². The molecule has 0 bridgehead atoms. The van der Waals surface area contributed by atoms with E-state index in [1.54, 1.807) is 6.20 Å². The number of hydrogen-bond acceptors (Lipinski definition) is 5. The van der Waals surface area contributed by atoms with Crippen molar-refractivity contribution in [3.8, 4) is 11.5 Å². The Morgan fingerprint density at radius 1 is 1.32 bits per heavy atom. The van der Waals surface area contributed by atoms with E-state index < -0.39 is 0 Å². The van der Waals surface area contributed by atoms with Crippen LogP contribution in [0, 0.1) is 6.92 Å². The number of nitrogens with zero attached hydrogens (tertiary/aromatic N) is 4. The molecule has 0 aromatic carbocycles. The van der Waals surface area contributed by atoms with Gasteiger partial charge in [-0.2, -0.15) is 10.2 Å². The first-order valence-electron chi connectivity index (χ1n) is 7.51. The summed E-state index contributed by atoms with van der Waals surface area (Å²) in [7, 11) is 0. The molecule has 1 fully saturated rings. The maximum Gasteiger partial charge on any atom is 0.167 e. The molecule has 114 valence electrons. The van der Waals surface area contributed by atoms with E-state index >= 15 is 0 Å². The fraction of sp³-hybridized carbons (Fsp3) is 0.400. The topological polar surface area (TPSA) is 86.6 Å². The molecule has 7 heteroatoms. The van der Waals surface area contributed by atoms with Gasteiger partial charge in [0, 0.05) is 6.20 Å². The summed E-state index contributed by atoms with van der Waals surface area (Å²) in [6.45, 7) is 3.74. The van der Waals surface area contributed by atoms with Gasteiger partial charge in [-0.25, -0.2) is 4.98 Å². The lowest BCUT2D eigenvalue weighted by atomic mass is 10.2. The summed E-state index contributed by atoms with van der Waals surface area (Å²) in [5.74, 6) is 3.51. The maximum absolute atomic E-state index is 5.92. The van der Waals surface area contributed by atoms with Crippen LogP contribution in [0.2, 0.25) is 0 Å². The Kier molecular flexibility index (Phi) is 3.27. The lowest BCUT2D eigenvalue weighted by Gasteiger charge is -2.20. The molecule has 0 radical (unpaired) electrons. The van der Waals surface area contributed by atoms with Gasteiger partial charge in [0.2, 0.25) is 0 Å². The molecular formula is C15H18N6O. The van der Waals surface area contributed by atoms with Crippen molar-refractivity contribution in [2.45, 2.75) is 32.4 Å². The van der Waals surface area contributed by atoms with E-state index in [-0.39, 0.29) is 6.04 Å². The first-order valence-corrected chi connectivity index (χ1v) is 7.51. The van der Waals surface area contributed by atoms with Gasteiger partial charge in [0.25, 0.3) is 0 Å². The SMILES string of the molecule is Cc1nc([C@H]2CCCN2Cc2ccc(-c3ccn[nH]3)o2)n[nH]1. The number of rotatable bonds is 4. The Morgan fingerprint density at radius 3 is 3.05 bits per heavy atom. The second-order valence-corrected chi connectivity index (χ2v) is 5.64. The molecule has 1 atom stereocenters. The number of H-pyrrole nitrogens is 2. The van der Waals surface area contributed by atoms with Gasteiger partial charge < -0.3 is 4.42 Å². The molecule has 0 amide bonds. The van der Waals surface area contributed by atoms with Crippen LogP contribution < -0.4 is 0 Å². The number of aryl methyl sites for hydroxylation is 1.